The van der Waals surface area contributed by atoms with Crippen molar-refractivity contribution in [1.82, 2.24) is 0 Å². The van der Waals surface area contributed by atoms with Gasteiger partial charge in [0.05, 0.1) is 16.1 Å². The number of halogens is 4. The van der Waals surface area contributed by atoms with Crippen LogP contribution in [0.3, 0.4) is 0 Å². The summed E-state index contributed by atoms with van der Waals surface area (Å²) in [6.45, 7) is 14.6. The molecule has 8 rings (SSSR count). The summed E-state index contributed by atoms with van der Waals surface area (Å²) in [6.07, 6.45) is 12.2. The quantitative estimate of drug-likeness (QED) is 0.105. The zero-order chi connectivity index (χ0) is 39.9. The zero-order valence-electron chi connectivity index (χ0n) is 34.2. The van der Waals surface area contributed by atoms with Gasteiger partial charge in [-0.2, -0.15) is 6.08 Å². The first-order valence-corrected chi connectivity index (χ1v) is 28.3. The van der Waals surface area contributed by atoms with Gasteiger partial charge in [-0.25, -0.2) is 12.2 Å². The van der Waals surface area contributed by atoms with Gasteiger partial charge >= 0.3 is 112 Å². The van der Waals surface area contributed by atoms with Crippen molar-refractivity contribution in [2.75, 3.05) is 0 Å². The van der Waals surface area contributed by atoms with Crippen LogP contribution in [-0.4, -0.2) is 19.4 Å². The van der Waals surface area contributed by atoms with Crippen LogP contribution < -0.4 is 10.4 Å². The molecule has 0 aromatic heterocycles. The summed E-state index contributed by atoms with van der Waals surface area (Å²) in [4.78, 5) is 0. The third-order valence-corrected chi connectivity index (χ3v) is 15.4. The first-order chi connectivity index (χ1) is 26.8. The first kappa shape index (κ1) is 47.7. The van der Waals surface area contributed by atoms with Crippen LogP contribution in [0.4, 0.5) is 0 Å². The van der Waals surface area contributed by atoms with Crippen LogP contribution in [0, 0.1) is 6.08 Å². The molecule has 7 heteroatoms. The zero-order valence-corrected chi connectivity index (χ0v) is 41.8. The molecule has 58 heavy (non-hydrogen) atoms. The summed E-state index contributed by atoms with van der Waals surface area (Å²) in [6, 6.07) is 50.1. The van der Waals surface area contributed by atoms with Gasteiger partial charge in [0.15, 0.2) is 0 Å². The van der Waals surface area contributed by atoms with Gasteiger partial charge in [0.1, 0.15) is 0 Å². The monoisotopic (exact) mass is 950 g/mol. The number of hydrogen-bond donors (Lipinski definition) is 0. The second-order valence-corrected chi connectivity index (χ2v) is 29.2. The van der Waals surface area contributed by atoms with Crippen LogP contribution in [0.1, 0.15) is 17.5 Å². The molecule has 1 aliphatic carbocycles. The van der Waals surface area contributed by atoms with E-state index < -0.39 is 16.1 Å². The molecule has 0 aliphatic heterocycles. The standard InChI is InChI=1S/C31H31Cl2Si2.C15H14.C5H5.2ClH.Zr/c1-34(2,3)30-18-26-22(16-28(30)20-7-11-24(32)12-8-20)15-23-17-29(21-9-13-25(33)14-10-21)31(19-27(23)26)35(4,5)6;1-3-8-14(9-4-1)12-7-13-15-10-5-2-6-11-15;1-2-4-5-3-1;;;/h7-19H,1-6H3;1-6,8-11H,12-13H2;1-3H,4H2;2*1H;/q-1;;-1;;;+2. The molecule has 7 aromatic carbocycles. The number of hydrogen-bond acceptors (Lipinski definition) is 0. The van der Waals surface area contributed by atoms with Crippen LogP contribution >= 0.6 is 48.0 Å². The van der Waals surface area contributed by atoms with E-state index in [0.29, 0.717) is 0 Å². The van der Waals surface area contributed by atoms with E-state index in [9.17, 15) is 0 Å². The molecule has 0 fully saturated rings. The summed E-state index contributed by atoms with van der Waals surface area (Å²) in [5.41, 5.74) is 8.00. The topological polar surface area (TPSA) is 0 Å². The Hall–Kier alpha value is -2.98. The summed E-state index contributed by atoms with van der Waals surface area (Å²) in [7, 11) is -3.22. The second kappa shape index (κ2) is 21.5. The molecule has 0 radical (unpaired) electrons. The Labute approximate surface area is 385 Å². The van der Waals surface area contributed by atoms with Gasteiger partial charge in [-0.05, 0) is 35.4 Å². The molecule has 0 unspecified atom stereocenters. The van der Waals surface area contributed by atoms with Gasteiger partial charge in [0, 0.05) is 10.0 Å². The fourth-order valence-corrected chi connectivity index (χ4v) is 11.6. The van der Waals surface area contributed by atoms with E-state index in [4.69, 9.17) is 23.2 Å². The molecule has 7 aromatic rings. The molecule has 0 heterocycles. The molecule has 0 amide bonds. The van der Waals surface area contributed by atoms with Crippen LogP contribution in [0.2, 0.25) is 49.3 Å². The van der Waals surface area contributed by atoms with Gasteiger partial charge in [0.25, 0.3) is 0 Å². The van der Waals surface area contributed by atoms with Crippen LogP contribution in [0.5, 0.6) is 0 Å². The third-order valence-electron chi connectivity index (χ3n) is 10.0. The normalized spacial score (nSPS) is 11.9. The molecule has 0 spiro atoms. The maximum atomic E-state index is 6.21. The predicted octanol–water partition coefficient (Wildman–Crippen LogP) is 14.8. The van der Waals surface area contributed by atoms with Crippen molar-refractivity contribution in [3.05, 3.63) is 185 Å². The molecule has 1 aliphatic rings. The number of benzene rings is 6. The maximum absolute atomic E-state index is 6.21. The Morgan fingerprint density at radius 3 is 1.29 bits per heavy atom. The summed E-state index contributed by atoms with van der Waals surface area (Å²) in [5.74, 6) is 0. The van der Waals surface area contributed by atoms with Crippen molar-refractivity contribution in [3.63, 3.8) is 0 Å². The molecular formula is C51H52Cl4Si2Zr. The van der Waals surface area contributed by atoms with Gasteiger partial charge in [-0.3, -0.25) is 6.08 Å². The second-order valence-electron chi connectivity index (χ2n) is 16.6. The van der Waals surface area contributed by atoms with Crippen LogP contribution in [0.25, 0.3) is 43.8 Å². The van der Waals surface area contributed by atoms with Crippen molar-refractivity contribution < 1.29 is 24.2 Å². The minimum atomic E-state index is -1.61. The molecule has 0 nitrogen and oxygen atoms in total. The molecule has 0 N–H and O–H groups in total. The Balaban J connectivity index is 0.000000268. The van der Waals surface area contributed by atoms with Gasteiger partial charge in [-0.1, -0.05) is 120 Å². The van der Waals surface area contributed by atoms with Crippen molar-refractivity contribution in [2.45, 2.75) is 58.5 Å². The Morgan fingerprint density at radius 1 is 0.586 bits per heavy atom. The number of rotatable bonds is 8. The fraction of sp³-hybridized carbons (Fsp3) is 0.176. The molecule has 0 saturated carbocycles. The average molecular weight is 954 g/mol. The molecule has 0 atom stereocenters. The van der Waals surface area contributed by atoms with Crippen LogP contribution in [-0.2, 0) is 37.1 Å². The van der Waals surface area contributed by atoms with E-state index in [1.807, 2.05) is 36.4 Å². The molecular weight excluding hydrogens is 902 g/mol. The van der Waals surface area contributed by atoms with Crippen molar-refractivity contribution in [3.8, 4) is 22.3 Å². The van der Waals surface area contributed by atoms with E-state index in [-0.39, 0.29) is 24.8 Å². The Kier molecular flexibility index (Phi) is 17.7. The van der Waals surface area contributed by atoms with Gasteiger partial charge in [0.2, 0.25) is 0 Å². The van der Waals surface area contributed by atoms with E-state index >= 15 is 0 Å². The molecule has 296 valence electrons. The van der Waals surface area contributed by atoms with E-state index in [1.165, 1.54) is 65.3 Å². The van der Waals surface area contributed by atoms with E-state index in [2.05, 4.69) is 167 Å². The Bertz CT molecular complexity index is 2300. The van der Waals surface area contributed by atoms with Gasteiger partial charge in [-0.15, -0.1) is 71.0 Å². The average Bonchev–Trinajstić information content (AvgIpc) is 3.87. The summed E-state index contributed by atoms with van der Waals surface area (Å²) < 4.78 is 1.60. The minimum absolute atomic E-state index is 0. The van der Waals surface area contributed by atoms with Crippen molar-refractivity contribution in [1.29, 1.82) is 0 Å². The predicted molar refractivity (Wildman–Crippen MR) is 265 cm³/mol. The van der Waals surface area contributed by atoms with Crippen LogP contribution in [0.15, 0.2) is 158 Å². The molecule has 0 saturated heterocycles. The van der Waals surface area contributed by atoms with Crippen molar-refractivity contribution >= 4 is 99.3 Å². The summed E-state index contributed by atoms with van der Waals surface area (Å²) >= 11 is 14.0. The first-order valence-electron chi connectivity index (χ1n) is 19.4. The number of fused-ring (bicyclic) bond motifs is 3. The Morgan fingerprint density at radius 2 is 0.983 bits per heavy atom. The van der Waals surface area contributed by atoms with E-state index in [1.54, 1.807) is 27.4 Å². The fourth-order valence-electron chi connectivity index (χ4n) is 7.17. The van der Waals surface area contributed by atoms with Gasteiger partial charge < -0.3 is 0 Å². The summed E-state index contributed by atoms with van der Waals surface area (Å²) in [5, 5.41) is 9.90. The molecule has 0 bridgehead atoms. The van der Waals surface area contributed by atoms with E-state index in [0.717, 1.165) is 29.3 Å². The number of allylic oxidation sites excluding steroid dienone is 4. The third kappa shape index (κ3) is 12.8. The van der Waals surface area contributed by atoms with Crippen molar-refractivity contribution in [2.24, 2.45) is 0 Å². The SMILES string of the molecule is C[Si](C)(C)c1cc2c(cc1-c1ccc(Cl)cc1)[cH-]c1cc(-c3ccc(Cl)cc3)c([Si](C)(C)C)cc12.Cl.Cl.[C-]1=CC=CC1.[Zr+2]=[C](Cc1ccccc1)Cc1ccccc1.